The first-order valence-corrected chi connectivity index (χ1v) is 5.99. The second-order valence-corrected chi connectivity index (χ2v) is 4.90. The number of nitrogens with two attached hydrogens (primary N) is 1. The molecular weight excluding hydrogens is 198 g/mol. The average molecular weight is 217 g/mol. The van der Waals surface area contributed by atoms with Gasteiger partial charge in [-0.2, -0.15) is 0 Å². The molecule has 2 unspecified atom stereocenters. The zero-order valence-corrected chi connectivity index (χ0v) is 9.78. The number of hydrogen-bond acceptors (Lipinski definition) is 2. The highest BCUT2D eigenvalue weighted by molar-refractivity contribution is 5.83. The van der Waals surface area contributed by atoms with Gasteiger partial charge in [-0.25, -0.2) is 0 Å². The van der Waals surface area contributed by atoms with Gasteiger partial charge in [0.25, 0.3) is 0 Å². The number of carbonyl (C=O) groups is 1. The van der Waals surface area contributed by atoms with Crippen molar-refractivity contribution in [3.05, 3.63) is 35.4 Å². The van der Waals surface area contributed by atoms with E-state index in [0.29, 0.717) is 12.2 Å². The van der Waals surface area contributed by atoms with Crippen molar-refractivity contribution in [1.29, 1.82) is 0 Å². The van der Waals surface area contributed by atoms with E-state index in [1.165, 1.54) is 5.56 Å². The highest BCUT2D eigenvalue weighted by Crippen LogP contribution is 2.26. The Labute approximate surface area is 96.8 Å². The molecular formula is C14H19NO. The highest BCUT2D eigenvalue weighted by atomic mass is 16.1. The lowest BCUT2D eigenvalue weighted by molar-refractivity contribution is -0.122. The monoisotopic (exact) mass is 217 g/mol. The number of carbonyl (C=O) groups excluding carboxylic acids is 1. The molecule has 2 atom stereocenters. The third kappa shape index (κ3) is 2.70. The minimum absolute atomic E-state index is 0.205. The van der Waals surface area contributed by atoms with Gasteiger partial charge < -0.3 is 5.73 Å². The molecule has 1 saturated carbocycles. The molecule has 0 aromatic heterocycles. The van der Waals surface area contributed by atoms with Crippen LogP contribution in [0.15, 0.2) is 24.3 Å². The van der Waals surface area contributed by atoms with Crippen molar-refractivity contribution < 1.29 is 4.79 Å². The molecule has 0 saturated heterocycles. The van der Waals surface area contributed by atoms with Crippen molar-refractivity contribution in [2.45, 2.75) is 38.6 Å². The van der Waals surface area contributed by atoms with E-state index < -0.39 is 0 Å². The molecule has 2 nitrogen and oxygen atoms in total. The molecule has 1 aromatic rings. The van der Waals surface area contributed by atoms with Crippen molar-refractivity contribution in [2.24, 2.45) is 11.7 Å². The van der Waals surface area contributed by atoms with Gasteiger partial charge in [0, 0.05) is 18.4 Å². The lowest BCUT2D eigenvalue weighted by atomic mass is 9.96. The molecule has 0 radical (unpaired) electrons. The summed E-state index contributed by atoms with van der Waals surface area (Å²) in [5.41, 5.74) is 8.18. The molecule has 1 aliphatic rings. The topological polar surface area (TPSA) is 43.1 Å². The van der Waals surface area contributed by atoms with Crippen molar-refractivity contribution in [3.63, 3.8) is 0 Å². The predicted molar refractivity (Wildman–Crippen MR) is 65.2 cm³/mol. The lowest BCUT2D eigenvalue weighted by Crippen LogP contribution is -2.19. The van der Waals surface area contributed by atoms with Crippen molar-refractivity contribution in [1.82, 2.24) is 0 Å². The van der Waals surface area contributed by atoms with E-state index in [1.54, 1.807) is 0 Å². The summed E-state index contributed by atoms with van der Waals surface area (Å²) in [5.74, 6) is 0.563. The normalized spacial score (nSPS) is 24.6. The van der Waals surface area contributed by atoms with Crippen molar-refractivity contribution in [3.8, 4) is 0 Å². The molecule has 2 N–H and O–H groups in total. The fourth-order valence-electron chi connectivity index (χ4n) is 2.36. The number of hydrogen-bond donors (Lipinski definition) is 1. The molecule has 2 rings (SSSR count). The molecule has 16 heavy (non-hydrogen) atoms. The minimum Gasteiger partial charge on any atom is -0.328 e. The average Bonchev–Trinajstić information content (AvgIpc) is 2.68. The smallest absolute Gasteiger partial charge is 0.140 e. The van der Waals surface area contributed by atoms with Crippen LogP contribution >= 0.6 is 0 Å². The fraction of sp³-hybridized carbons (Fsp3) is 0.500. The first-order valence-electron chi connectivity index (χ1n) is 5.99. The Morgan fingerprint density at radius 1 is 1.31 bits per heavy atom. The molecule has 86 valence electrons. The zero-order valence-electron chi connectivity index (χ0n) is 9.78. The second-order valence-electron chi connectivity index (χ2n) is 4.90. The van der Waals surface area contributed by atoms with Crippen LogP contribution in [0.1, 0.15) is 30.4 Å². The SMILES string of the molecule is Cc1ccc(CC(=O)C2CCC(N)C2)cc1. The molecule has 0 amide bonds. The molecule has 2 heteroatoms. The van der Waals surface area contributed by atoms with Gasteiger partial charge in [-0.15, -0.1) is 0 Å². The standard InChI is InChI=1S/C14H19NO/c1-10-2-4-11(5-3-10)8-14(16)12-6-7-13(15)9-12/h2-5,12-13H,6-9,15H2,1H3. The van der Waals surface area contributed by atoms with Gasteiger partial charge >= 0.3 is 0 Å². The van der Waals surface area contributed by atoms with Crippen LogP contribution in [0, 0.1) is 12.8 Å². The molecule has 1 aromatic carbocycles. The summed E-state index contributed by atoms with van der Waals surface area (Å²) in [4.78, 5) is 12.0. The van der Waals surface area contributed by atoms with Crippen LogP contribution < -0.4 is 5.73 Å². The minimum atomic E-state index is 0.205. The van der Waals surface area contributed by atoms with E-state index >= 15 is 0 Å². The van der Waals surface area contributed by atoms with E-state index in [1.807, 2.05) is 12.1 Å². The molecule has 0 spiro atoms. The van der Waals surface area contributed by atoms with Crippen LogP contribution in [0.5, 0.6) is 0 Å². The third-order valence-electron chi connectivity index (χ3n) is 3.43. The van der Waals surface area contributed by atoms with Crippen molar-refractivity contribution >= 4 is 5.78 Å². The maximum atomic E-state index is 12.0. The van der Waals surface area contributed by atoms with E-state index in [9.17, 15) is 4.79 Å². The van der Waals surface area contributed by atoms with E-state index in [4.69, 9.17) is 5.73 Å². The van der Waals surface area contributed by atoms with E-state index in [0.717, 1.165) is 24.8 Å². The second kappa shape index (κ2) is 4.79. The quantitative estimate of drug-likeness (QED) is 0.843. The third-order valence-corrected chi connectivity index (χ3v) is 3.43. The maximum absolute atomic E-state index is 12.0. The first-order chi connectivity index (χ1) is 7.65. The van der Waals surface area contributed by atoms with Crippen LogP contribution in [0.3, 0.4) is 0 Å². The van der Waals surface area contributed by atoms with Gasteiger partial charge in [0.2, 0.25) is 0 Å². The fourth-order valence-corrected chi connectivity index (χ4v) is 2.36. The van der Waals surface area contributed by atoms with Gasteiger partial charge in [-0.3, -0.25) is 4.79 Å². The van der Waals surface area contributed by atoms with Gasteiger partial charge in [0.15, 0.2) is 0 Å². The van der Waals surface area contributed by atoms with Crippen LogP contribution in [0.25, 0.3) is 0 Å². The van der Waals surface area contributed by atoms with Crippen LogP contribution in [0.4, 0.5) is 0 Å². The summed E-state index contributed by atoms with van der Waals surface area (Å²) in [6.07, 6.45) is 3.43. The molecule has 1 fully saturated rings. The van der Waals surface area contributed by atoms with Crippen molar-refractivity contribution in [2.75, 3.05) is 0 Å². The van der Waals surface area contributed by atoms with Gasteiger partial charge in [0.05, 0.1) is 0 Å². The van der Waals surface area contributed by atoms with E-state index in [2.05, 4.69) is 19.1 Å². The summed E-state index contributed by atoms with van der Waals surface area (Å²) in [5, 5.41) is 0. The van der Waals surface area contributed by atoms with Gasteiger partial charge in [-0.1, -0.05) is 29.8 Å². The Hall–Kier alpha value is -1.15. The Bertz CT molecular complexity index is 369. The molecule has 0 bridgehead atoms. The predicted octanol–water partition coefficient (Wildman–Crippen LogP) is 2.23. The van der Waals surface area contributed by atoms with Gasteiger partial charge in [0.1, 0.15) is 5.78 Å². The number of benzene rings is 1. The van der Waals surface area contributed by atoms with Crippen LogP contribution in [-0.2, 0) is 11.2 Å². The van der Waals surface area contributed by atoms with Crippen LogP contribution in [0.2, 0.25) is 0 Å². The summed E-state index contributed by atoms with van der Waals surface area (Å²) < 4.78 is 0. The maximum Gasteiger partial charge on any atom is 0.140 e. The summed E-state index contributed by atoms with van der Waals surface area (Å²) in [6.45, 7) is 2.06. The van der Waals surface area contributed by atoms with E-state index in [-0.39, 0.29) is 12.0 Å². The Morgan fingerprint density at radius 2 is 2.00 bits per heavy atom. The number of Topliss-reactive ketones (excluding diaryl/α,β-unsaturated/α-hetero) is 1. The largest absolute Gasteiger partial charge is 0.328 e. The van der Waals surface area contributed by atoms with Crippen LogP contribution in [-0.4, -0.2) is 11.8 Å². The van der Waals surface area contributed by atoms with Gasteiger partial charge in [-0.05, 0) is 31.7 Å². The summed E-state index contributed by atoms with van der Waals surface area (Å²) >= 11 is 0. The Morgan fingerprint density at radius 3 is 2.56 bits per heavy atom. The Kier molecular flexibility index (Phi) is 3.39. The summed E-state index contributed by atoms with van der Waals surface area (Å²) in [6, 6.07) is 8.45. The zero-order chi connectivity index (χ0) is 11.5. The lowest BCUT2D eigenvalue weighted by Gasteiger charge is -2.08. The Balaban J connectivity index is 1.94. The first kappa shape index (κ1) is 11.3. The highest BCUT2D eigenvalue weighted by Gasteiger charge is 2.27. The molecule has 1 aliphatic carbocycles. The summed E-state index contributed by atoms with van der Waals surface area (Å²) in [7, 11) is 0. The number of rotatable bonds is 3. The number of ketones is 1. The molecule has 0 aliphatic heterocycles. The molecule has 0 heterocycles. The number of aryl methyl sites for hydroxylation is 1.